The third-order valence-electron chi connectivity index (χ3n) is 6.16. The highest BCUT2D eigenvalue weighted by molar-refractivity contribution is 6.11. The molecule has 1 aliphatic heterocycles. The smallest absolute Gasteiger partial charge is 0.271 e. The van der Waals surface area contributed by atoms with Gasteiger partial charge in [0.2, 0.25) is 17.7 Å². The van der Waals surface area contributed by atoms with E-state index in [0.717, 1.165) is 11.3 Å². The average molecular weight is 399 g/mol. The second kappa shape index (κ2) is 6.98. The molecule has 4 rings (SSSR count). The van der Waals surface area contributed by atoms with Crippen LogP contribution in [0.1, 0.15) is 19.8 Å². The van der Waals surface area contributed by atoms with E-state index in [2.05, 4.69) is 5.32 Å². The number of fused-ring (bicyclic) bond motifs is 5. The number of nitro groups is 1. The zero-order chi connectivity index (χ0) is 20.9. The predicted molar refractivity (Wildman–Crippen MR) is 102 cm³/mol. The van der Waals surface area contributed by atoms with Crippen LogP contribution in [0.2, 0.25) is 0 Å². The molecule has 0 aromatic heterocycles. The van der Waals surface area contributed by atoms with Crippen molar-refractivity contribution in [3.05, 3.63) is 40.5 Å². The number of likely N-dealkylation sites (tertiary alicyclic amines) is 1. The number of nitro benzene ring substituents is 1. The van der Waals surface area contributed by atoms with E-state index in [0.29, 0.717) is 0 Å². The van der Waals surface area contributed by atoms with Crippen LogP contribution < -0.4 is 10.1 Å². The van der Waals surface area contributed by atoms with E-state index in [1.54, 1.807) is 6.92 Å². The maximum absolute atomic E-state index is 13.0. The van der Waals surface area contributed by atoms with Gasteiger partial charge in [-0.25, -0.2) is 0 Å². The Morgan fingerprint density at radius 3 is 2.41 bits per heavy atom. The second-order valence-electron chi connectivity index (χ2n) is 7.60. The molecule has 0 radical (unpaired) electrons. The van der Waals surface area contributed by atoms with E-state index < -0.39 is 16.9 Å². The number of carbonyl (C=O) groups is 3. The minimum Gasteiger partial charge on any atom is -0.495 e. The summed E-state index contributed by atoms with van der Waals surface area (Å²) in [6.07, 6.45) is 5.04. The van der Waals surface area contributed by atoms with E-state index in [1.807, 2.05) is 12.2 Å². The molecule has 1 heterocycles. The van der Waals surface area contributed by atoms with Gasteiger partial charge in [-0.3, -0.25) is 29.4 Å². The number of allylic oxidation sites excluding steroid dienone is 2. The number of rotatable bonds is 6. The van der Waals surface area contributed by atoms with Crippen molar-refractivity contribution in [2.75, 3.05) is 12.4 Å². The Bertz CT molecular complexity index is 912. The van der Waals surface area contributed by atoms with Crippen molar-refractivity contribution in [1.29, 1.82) is 0 Å². The van der Waals surface area contributed by atoms with Crippen molar-refractivity contribution in [3.63, 3.8) is 0 Å². The summed E-state index contributed by atoms with van der Waals surface area (Å²) < 4.78 is 5.17. The van der Waals surface area contributed by atoms with Crippen LogP contribution in [0, 0.1) is 33.8 Å². The fraction of sp³-hybridized carbons (Fsp3) is 0.450. The number of anilines is 1. The van der Waals surface area contributed by atoms with Gasteiger partial charge in [0, 0.05) is 12.1 Å². The van der Waals surface area contributed by atoms with Crippen molar-refractivity contribution in [1.82, 2.24) is 4.90 Å². The summed E-state index contributed by atoms with van der Waals surface area (Å²) in [5, 5.41) is 13.7. The molecule has 9 nitrogen and oxygen atoms in total. The Morgan fingerprint density at radius 1 is 1.28 bits per heavy atom. The molecule has 1 saturated carbocycles. The zero-order valence-corrected chi connectivity index (χ0v) is 16.0. The summed E-state index contributed by atoms with van der Waals surface area (Å²) in [6, 6.07) is 2.86. The molecular formula is C20H21N3O6. The van der Waals surface area contributed by atoms with Crippen molar-refractivity contribution in [2.24, 2.45) is 23.7 Å². The standard InChI is InChI=1S/C20H21N3O6/c1-3-14(18(24)21-13-9-12(23(27)28)6-7-15(13)29-2)22-19(25)16-10-4-5-11(8-10)17(16)20(22)26/h4-7,9-11,14,16-17H,3,8H2,1-2H3,(H,21,24). The molecule has 152 valence electrons. The van der Waals surface area contributed by atoms with E-state index in [1.165, 1.54) is 25.3 Å². The third-order valence-corrected chi connectivity index (χ3v) is 6.16. The number of non-ortho nitro benzene ring substituents is 1. The number of hydrogen-bond donors (Lipinski definition) is 1. The largest absolute Gasteiger partial charge is 0.495 e. The first kappa shape index (κ1) is 19.1. The normalized spacial score (nSPS) is 27.9. The summed E-state index contributed by atoms with van der Waals surface area (Å²) in [5.74, 6) is -1.58. The van der Waals surface area contributed by atoms with E-state index in [9.17, 15) is 24.5 Å². The van der Waals surface area contributed by atoms with Gasteiger partial charge in [0.25, 0.3) is 5.69 Å². The Hall–Kier alpha value is -3.23. The van der Waals surface area contributed by atoms with Crippen molar-refractivity contribution in [2.45, 2.75) is 25.8 Å². The van der Waals surface area contributed by atoms with Crippen LogP contribution in [0.3, 0.4) is 0 Å². The number of ether oxygens (including phenoxy) is 1. The highest BCUT2D eigenvalue weighted by Crippen LogP contribution is 2.53. The predicted octanol–water partition coefficient (Wildman–Crippen LogP) is 2.13. The van der Waals surface area contributed by atoms with Crippen molar-refractivity contribution in [3.8, 4) is 5.75 Å². The molecule has 3 amide bonds. The van der Waals surface area contributed by atoms with Crippen LogP contribution in [0.4, 0.5) is 11.4 Å². The molecule has 5 unspecified atom stereocenters. The fourth-order valence-corrected chi connectivity index (χ4v) is 4.84. The van der Waals surface area contributed by atoms with Gasteiger partial charge in [0.05, 0.1) is 29.6 Å². The zero-order valence-electron chi connectivity index (χ0n) is 16.0. The van der Waals surface area contributed by atoms with Crippen LogP contribution >= 0.6 is 0 Å². The fourth-order valence-electron chi connectivity index (χ4n) is 4.84. The molecular weight excluding hydrogens is 378 g/mol. The number of amides is 3. The number of nitrogens with one attached hydrogen (secondary N) is 1. The first-order chi connectivity index (χ1) is 13.9. The number of hydrogen-bond acceptors (Lipinski definition) is 6. The van der Waals surface area contributed by atoms with Gasteiger partial charge in [-0.2, -0.15) is 0 Å². The Labute approximate surface area is 166 Å². The molecule has 1 saturated heterocycles. The Kier molecular flexibility index (Phi) is 4.60. The average Bonchev–Trinajstić information content (AvgIpc) is 3.38. The lowest BCUT2D eigenvalue weighted by molar-refractivity contribution is -0.384. The van der Waals surface area contributed by atoms with Crippen molar-refractivity contribution < 1.29 is 24.0 Å². The quantitative estimate of drug-likeness (QED) is 0.339. The molecule has 1 N–H and O–H groups in total. The van der Waals surface area contributed by atoms with Crippen molar-refractivity contribution >= 4 is 29.1 Å². The maximum Gasteiger partial charge on any atom is 0.271 e. The number of imide groups is 1. The molecule has 29 heavy (non-hydrogen) atoms. The topological polar surface area (TPSA) is 119 Å². The van der Waals surface area contributed by atoms with Gasteiger partial charge >= 0.3 is 0 Å². The van der Waals surface area contributed by atoms with Crippen LogP contribution in [0.25, 0.3) is 0 Å². The minimum absolute atomic E-state index is 0.0592. The Balaban J connectivity index is 1.59. The summed E-state index contributed by atoms with van der Waals surface area (Å²) in [6.45, 7) is 1.72. The Morgan fingerprint density at radius 2 is 1.90 bits per heavy atom. The summed E-state index contributed by atoms with van der Waals surface area (Å²) in [4.78, 5) is 50.5. The summed E-state index contributed by atoms with van der Waals surface area (Å²) in [5.41, 5.74) is -0.0918. The van der Waals surface area contributed by atoms with Crippen LogP contribution in [0.15, 0.2) is 30.4 Å². The number of benzene rings is 1. The van der Waals surface area contributed by atoms with Gasteiger partial charge < -0.3 is 10.1 Å². The number of carbonyl (C=O) groups excluding carboxylic acids is 3. The molecule has 5 atom stereocenters. The van der Waals surface area contributed by atoms with Gasteiger partial charge in [0.1, 0.15) is 11.8 Å². The number of nitrogens with zero attached hydrogens (tertiary/aromatic N) is 2. The molecule has 9 heteroatoms. The highest BCUT2D eigenvalue weighted by Gasteiger charge is 2.60. The summed E-state index contributed by atoms with van der Waals surface area (Å²) >= 11 is 0. The minimum atomic E-state index is -0.982. The molecule has 1 aromatic carbocycles. The first-order valence-corrected chi connectivity index (χ1v) is 9.55. The SMILES string of the molecule is CCC(C(=O)Nc1cc([N+](=O)[O-])ccc1OC)N1C(=O)C2C3C=CC(C3)C2C1=O. The first-order valence-electron chi connectivity index (χ1n) is 9.55. The second-order valence-corrected chi connectivity index (χ2v) is 7.60. The van der Waals surface area contributed by atoms with E-state index in [4.69, 9.17) is 4.74 Å². The van der Waals surface area contributed by atoms with Crippen LogP contribution in [-0.4, -0.2) is 40.7 Å². The molecule has 2 fully saturated rings. The lowest BCUT2D eigenvalue weighted by Crippen LogP contribution is -2.48. The maximum atomic E-state index is 13.0. The van der Waals surface area contributed by atoms with Crippen LogP contribution in [0.5, 0.6) is 5.75 Å². The summed E-state index contributed by atoms with van der Waals surface area (Å²) in [7, 11) is 1.38. The lowest BCUT2D eigenvalue weighted by Gasteiger charge is -2.26. The molecule has 1 aromatic rings. The van der Waals surface area contributed by atoms with Gasteiger partial charge in [0.15, 0.2) is 0 Å². The van der Waals surface area contributed by atoms with Gasteiger partial charge in [-0.1, -0.05) is 19.1 Å². The van der Waals surface area contributed by atoms with Gasteiger partial charge in [-0.05, 0) is 30.7 Å². The monoisotopic (exact) mass is 399 g/mol. The molecule has 2 aliphatic carbocycles. The third kappa shape index (κ3) is 2.88. The van der Waals surface area contributed by atoms with Crippen LogP contribution in [-0.2, 0) is 14.4 Å². The molecule has 3 aliphatic rings. The molecule has 2 bridgehead atoms. The van der Waals surface area contributed by atoms with E-state index in [-0.39, 0.29) is 59.0 Å². The molecule has 0 spiro atoms. The lowest BCUT2D eigenvalue weighted by atomic mass is 9.85. The van der Waals surface area contributed by atoms with Gasteiger partial charge in [-0.15, -0.1) is 0 Å². The van der Waals surface area contributed by atoms with E-state index >= 15 is 0 Å². The highest BCUT2D eigenvalue weighted by atomic mass is 16.6. The number of methoxy groups -OCH3 is 1.